The van der Waals surface area contributed by atoms with Crippen molar-refractivity contribution in [3.8, 4) is 11.5 Å². The summed E-state index contributed by atoms with van der Waals surface area (Å²) < 4.78 is 5.68. The highest BCUT2D eigenvalue weighted by molar-refractivity contribution is 6.03. The zero-order valence-electron chi connectivity index (χ0n) is 12.9. The maximum absolute atomic E-state index is 11.5. The van der Waals surface area contributed by atoms with Crippen LogP contribution in [0.5, 0.6) is 0 Å². The standard InChI is InChI=1S/C17H15N3O4/c1-20(17(22)23)9-10-5-7-11(8-6-10)16-19-14-12(15(18)21)3-2-4-13(14)24-16/h2-8H,9H2,1H3,(H2,18,21)(H,22,23). The molecule has 0 aliphatic heterocycles. The first kappa shape index (κ1) is 15.5. The van der Waals surface area contributed by atoms with Gasteiger partial charge in [0.2, 0.25) is 5.89 Å². The van der Waals surface area contributed by atoms with Gasteiger partial charge < -0.3 is 20.2 Å². The van der Waals surface area contributed by atoms with Crippen molar-refractivity contribution >= 4 is 23.1 Å². The van der Waals surface area contributed by atoms with Gasteiger partial charge in [0.25, 0.3) is 5.91 Å². The molecule has 0 saturated carbocycles. The number of para-hydroxylation sites is 1. The van der Waals surface area contributed by atoms with Gasteiger partial charge in [0, 0.05) is 19.2 Å². The lowest BCUT2D eigenvalue weighted by atomic mass is 10.1. The predicted octanol–water partition coefficient (Wildman–Crippen LogP) is 2.70. The Bertz CT molecular complexity index is 915. The smallest absolute Gasteiger partial charge is 0.407 e. The number of carboxylic acid groups (broad SMARTS) is 1. The Morgan fingerprint density at radius 3 is 2.54 bits per heavy atom. The second-order valence-corrected chi connectivity index (χ2v) is 5.37. The number of hydrogen-bond acceptors (Lipinski definition) is 4. The first-order valence-electron chi connectivity index (χ1n) is 7.18. The third-order valence-electron chi connectivity index (χ3n) is 3.63. The molecule has 2 amide bonds. The number of oxazole rings is 1. The monoisotopic (exact) mass is 325 g/mol. The molecule has 0 spiro atoms. The largest absolute Gasteiger partial charge is 0.465 e. The molecule has 1 heterocycles. The number of carbonyl (C=O) groups is 2. The summed E-state index contributed by atoms with van der Waals surface area (Å²) in [5.74, 6) is -0.190. The molecule has 0 unspecified atom stereocenters. The molecule has 3 N–H and O–H groups in total. The highest BCUT2D eigenvalue weighted by atomic mass is 16.4. The van der Waals surface area contributed by atoms with E-state index in [9.17, 15) is 9.59 Å². The van der Waals surface area contributed by atoms with E-state index in [2.05, 4.69) is 4.98 Å². The number of rotatable bonds is 4. The molecule has 7 nitrogen and oxygen atoms in total. The lowest BCUT2D eigenvalue weighted by Crippen LogP contribution is -2.23. The second-order valence-electron chi connectivity index (χ2n) is 5.37. The third-order valence-corrected chi connectivity index (χ3v) is 3.63. The molecule has 0 bridgehead atoms. The third kappa shape index (κ3) is 2.91. The minimum atomic E-state index is -0.989. The van der Waals surface area contributed by atoms with Gasteiger partial charge in [-0.3, -0.25) is 4.79 Å². The normalized spacial score (nSPS) is 10.7. The molecule has 0 radical (unpaired) electrons. The summed E-state index contributed by atoms with van der Waals surface area (Å²) in [5, 5.41) is 8.89. The van der Waals surface area contributed by atoms with Crippen molar-refractivity contribution in [2.24, 2.45) is 5.73 Å². The highest BCUT2D eigenvalue weighted by Crippen LogP contribution is 2.26. The fraction of sp³-hybridized carbons (Fsp3) is 0.118. The van der Waals surface area contributed by atoms with Crippen LogP contribution in [0.4, 0.5) is 4.79 Å². The number of benzene rings is 2. The molecule has 7 heteroatoms. The van der Waals surface area contributed by atoms with Crippen LogP contribution in [0.1, 0.15) is 15.9 Å². The zero-order chi connectivity index (χ0) is 17.3. The molecule has 122 valence electrons. The number of hydrogen-bond donors (Lipinski definition) is 2. The lowest BCUT2D eigenvalue weighted by molar-refractivity contribution is 0.100. The van der Waals surface area contributed by atoms with E-state index in [1.807, 2.05) is 0 Å². The van der Waals surface area contributed by atoms with Crippen LogP contribution in [0.3, 0.4) is 0 Å². The fourth-order valence-corrected chi connectivity index (χ4v) is 2.37. The summed E-state index contributed by atoms with van der Waals surface area (Å²) in [6, 6.07) is 12.2. The molecule has 1 aromatic heterocycles. The van der Waals surface area contributed by atoms with E-state index in [0.29, 0.717) is 22.6 Å². The number of carbonyl (C=O) groups excluding carboxylic acids is 1. The first-order valence-corrected chi connectivity index (χ1v) is 7.18. The number of nitrogens with two attached hydrogens (primary N) is 1. The van der Waals surface area contributed by atoms with E-state index < -0.39 is 12.0 Å². The molecule has 24 heavy (non-hydrogen) atoms. The van der Waals surface area contributed by atoms with Gasteiger partial charge in [0.1, 0.15) is 5.52 Å². The van der Waals surface area contributed by atoms with Gasteiger partial charge in [0.05, 0.1) is 5.56 Å². The van der Waals surface area contributed by atoms with Gasteiger partial charge in [-0.25, -0.2) is 9.78 Å². The molecule has 0 aliphatic carbocycles. The maximum atomic E-state index is 11.5. The number of primary amides is 1. The topological polar surface area (TPSA) is 110 Å². The van der Waals surface area contributed by atoms with Gasteiger partial charge >= 0.3 is 6.09 Å². The van der Waals surface area contributed by atoms with Crippen molar-refractivity contribution in [3.05, 3.63) is 53.6 Å². The van der Waals surface area contributed by atoms with Crippen LogP contribution >= 0.6 is 0 Å². The number of amides is 2. The van der Waals surface area contributed by atoms with E-state index in [1.165, 1.54) is 11.9 Å². The van der Waals surface area contributed by atoms with Crippen molar-refractivity contribution in [2.45, 2.75) is 6.54 Å². The number of aromatic nitrogens is 1. The van der Waals surface area contributed by atoms with Gasteiger partial charge in [0.15, 0.2) is 5.58 Å². The van der Waals surface area contributed by atoms with Crippen molar-refractivity contribution in [3.63, 3.8) is 0 Å². The second kappa shape index (κ2) is 6.04. The van der Waals surface area contributed by atoms with Crippen LogP contribution in [-0.2, 0) is 6.54 Å². The minimum Gasteiger partial charge on any atom is -0.465 e. The Morgan fingerprint density at radius 1 is 1.21 bits per heavy atom. The molecular weight excluding hydrogens is 310 g/mol. The van der Waals surface area contributed by atoms with E-state index >= 15 is 0 Å². The van der Waals surface area contributed by atoms with E-state index in [4.69, 9.17) is 15.3 Å². The van der Waals surface area contributed by atoms with Crippen LogP contribution in [-0.4, -0.2) is 34.0 Å². The van der Waals surface area contributed by atoms with Crippen LogP contribution in [0, 0.1) is 0 Å². The van der Waals surface area contributed by atoms with Crippen LogP contribution in [0.2, 0.25) is 0 Å². The fourth-order valence-electron chi connectivity index (χ4n) is 2.37. The average Bonchev–Trinajstić information content (AvgIpc) is 2.99. The Hall–Kier alpha value is -3.35. The summed E-state index contributed by atoms with van der Waals surface area (Å²) in [5.41, 5.74) is 8.13. The van der Waals surface area contributed by atoms with E-state index in [-0.39, 0.29) is 6.54 Å². The summed E-state index contributed by atoms with van der Waals surface area (Å²) in [6.07, 6.45) is -0.989. The van der Waals surface area contributed by atoms with E-state index in [1.54, 1.807) is 42.5 Å². The van der Waals surface area contributed by atoms with Crippen molar-refractivity contribution in [1.82, 2.24) is 9.88 Å². The zero-order valence-corrected chi connectivity index (χ0v) is 12.9. The summed E-state index contributed by atoms with van der Waals surface area (Å²) in [7, 11) is 1.50. The Morgan fingerprint density at radius 2 is 1.92 bits per heavy atom. The molecular formula is C17H15N3O4. The molecule has 2 aromatic carbocycles. The summed E-state index contributed by atoms with van der Waals surface area (Å²) >= 11 is 0. The Labute approximate surface area is 137 Å². The van der Waals surface area contributed by atoms with Crippen molar-refractivity contribution in [2.75, 3.05) is 7.05 Å². The van der Waals surface area contributed by atoms with Crippen molar-refractivity contribution in [1.29, 1.82) is 0 Å². The summed E-state index contributed by atoms with van der Waals surface area (Å²) in [4.78, 5) is 27.8. The highest BCUT2D eigenvalue weighted by Gasteiger charge is 2.14. The number of nitrogens with zero attached hydrogens (tertiary/aromatic N) is 2. The van der Waals surface area contributed by atoms with E-state index in [0.717, 1.165) is 11.1 Å². The predicted molar refractivity (Wildman–Crippen MR) is 87.5 cm³/mol. The van der Waals surface area contributed by atoms with Crippen LogP contribution in [0.25, 0.3) is 22.6 Å². The van der Waals surface area contributed by atoms with Gasteiger partial charge in [-0.15, -0.1) is 0 Å². The average molecular weight is 325 g/mol. The van der Waals surface area contributed by atoms with Crippen LogP contribution in [0.15, 0.2) is 46.9 Å². The molecule has 0 atom stereocenters. The molecule has 0 aliphatic rings. The quantitative estimate of drug-likeness (QED) is 0.766. The molecule has 0 fully saturated rings. The molecule has 3 aromatic rings. The Kier molecular flexibility index (Phi) is 3.91. The summed E-state index contributed by atoms with van der Waals surface area (Å²) in [6.45, 7) is 0.287. The van der Waals surface area contributed by atoms with Gasteiger partial charge in [-0.05, 0) is 29.8 Å². The maximum Gasteiger partial charge on any atom is 0.407 e. The van der Waals surface area contributed by atoms with Gasteiger partial charge in [-0.2, -0.15) is 0 Å². The van der Waals surface area contributed by atoms with Gasteiger partial charge in [-0.1, -0.05) is 18.2 Å². The first-order chi connectivity index (χ1) is 11.5. The van der Waals surface area contributed by atoms with Crippen LogP contribution < -0.4 is 5.73 Å². The lowest BCUT2D eigenvalue weighted by Gasteiger charge is -2.12. The molecule has 3 rings (SSSR count). The molecule has 0 saturated heterocycles. The Balaban J connectivity index is 1.92. The van der Waals surface area contributed by atoms with Crippen molar-refractivity contribution < 1.29 is 19.1 Å². The number of fused-ring (bicyclic) bond motifs is 1. The minimum absolute atomic E-state index is 0.287. The SMILES string of the molecule is CN(Cc1ccc(-c2nc3c(C(N)=O)cccc3o2)cc1)C(=O)O.